The standard InChI is InChI=1S/C15H14N2O4/c18-15(9-19-12-4-2-1-3-5-12)17-16-11-6-7-13-14(8-11)21-10-20-13/h1-8,16H,9-10H2,(H,17,18). The highest BCUT2D eigenvalue weighted by Gasteiger charge is 2.13. The molecule has 6 heteroatoms. The summed E-state index contributed by atoms with van der Waals surface area (Å²) in [5, 5.41) is 0. The van der Waals surface area contributed by atoms with Gasteiger partial charge < -0.3 is 14.2 Å². The lowest BCUT2D eigenvalue weighted by Crippen LogP contribution is -2.33. The van der Waals surface area contributed by atoms with Crippen LogP contribution in [-0.2, 0) is 4.79 Å². The maximum absolute atomic E-state index is 11.7. The van der Waals surface area contributed by atoms with Gasteiger partial charge in [-0.3, -0.25) is 15.6 Å². The fraction of sp³-hybridized carbons (Fsp3) is 0.133. The molecule has 2 aromatic carbocycles. The zero-order valence-electron chi connectivity index (χ0n) is 11.2. The molecule has 0 spiro atoms. The third-order valence-electron chi connectivity index (χ3n) is 2.83. The number of benzene rings is 2. The van der Waals surface area contributed by atoms with Crippen LogP contribution < -0.4 is 25.1 Å². The smallest absolute Gasteiger partial charge is 0.276 e. The normalized spacial score (nSPS) is 11.8. The lowest BCUT2D eigenvalue weighted by atomic mass is 10.3. The summed E-state index contributed by atoms with van der Waals surface area (Å²) in [4.78, 5) is 11.7. The van der Waals surface area contributed by atoms with E-state index in [1.807, 2.05) is 18.2 Å². The Kier molecular flexibility index (Phi) is 3.77. The molecule has 0 aromatic heterocycles. The number of carbonyl (C=O) groups is 1. The molecule has 0 aliphatic carbocycles. The van der Waals surface area contributed by atoms with E-state index in [4.69, 9.17) is 14.2 Å². The first-order chi connectivity index (χ1) is 10.3. The van der Waals surface area contributed by atoms with Crippen LogP contribution >= 0.6 is 0 Å². The van der Waals surface area contributed by atoms with Crippen LogP contribution in [0.4, 0.5) is 5.69 Å². The van der Waals surface area contributed by atoms with Gasteiger partial charge in [0.1, 0.15) is 5.75 Å². The highest BCUT2D eigenvalue weighted by molar-refractivity contribution is 5.79. The molecule has 0 atom stereocenters. The molecular formula is C15H14N2O4. The number of rotatable bonds is 5. The first-order valence-electron chi connectivity index (χ1n) is 6.43. The number of hydrazine groups is 1. The van der Waals surface area contributed by atoms with Crippen LogP contribution in [0.15, 0.2) is 48.5 Å². The van der Waals surface area contributed by atoms with E-state index in [2.05, 4.69) is 10.9 Å². The number of anilines is 1. The summed E-state index contributed by atoms with van der Waals surface area (Å²) in [5.41, 5.74) is 6.05. The first kappa shape index (κ1) is 13.1. The van der Waals surface area contributed by atoms with E-state index in [1.54, 1.807) is 30.3 Å². The van der Waals surface area contributed by atoms with Crippen molar-refractivity contribution in [2.24, 2.45) is 0 Å². The number of para-hydroxylation sites is 1. The summed E-state index contributed by atoms with van der Waals surface area (Å²) in [6.07, 6.45) is 0. The summed E-state index contributed by atoms with van der Waals surface area (Å²) in [7, 11) is 0. The van der Waals surface area contributed by atoms with Gasteiger partial charge in [0.25, 0.3) is 5.91 Å². The SMILES string of the molecule is O=C(COc1ccccc1)NNc1ccc2c(c1)OCO2. The van der Waals surface area contributed by atoms with Gasteiger partial charge in [-0.25, -0.2) is 0 Å². The molecule has 0 saturated carbocycles. The number of hydrogen-bond acceptors (Lipinski definition) is 5. The van der Waals surface area contributed by atoms with Crippen LogP contribution in [0.5, 0.6) is 17.2 Å². The first-order valence-corrected chi connectivity index (χ1v) is 6.43. The Morgan fingerprint density at radius 3 is 2.76 bits per heavy atom. The van der Waals surface area contributed by atoms with E-state index in [0.29, 0.717) is 22.9 Å². The van der Waals surface area contributed by atoms with Crippen LogP contribution in [0.2, 0.25) is 0 Å². The van der Waals surface area contributed by atoms with Gasteiger partial charge in [0.2, 0.25) is 6.79 Å². The van der Waals surface area contributed by atoms with Crippen molar-refractivity contribution in [2.45, 2.75) is 0 Å². The van der Waals surface area contributed by atoms with E-state index >= 15 is 0 Å². The molecule has 0 radical (unpaired) electrons. The Balaban J connectivity index is 1.47. The van der Waals surface area contributed by atoms with Gasteiger partial charge in [-0.05, 0) is 24.3 Å². The van der Waals surface area contributed by atoms with Gasteiger partial charge >= 0.3 is 0 Å². The zero-order valence-corrected chi connectivity index (χ0v) is 11.2. The summed E-state index contributed by atoms with van der Waals surface area (Å²) in [6, 6.07) is 14.5. The van der Waals surface area contributed by atoms with E-state index in [1.165, 1.54) is 0 Å². The maximum atomic E-state index is 11.7. The molecule has 1 aliphatic rings. The molecule has 1 heterocycles. The van der Waals surface area contributed by atoms with Gasteiger partial charge in [-0.15, -0.1) is 0 Å². The summed E-state index contributed by atoms with van der Waals surface area (Å²) < 4.78 is 15.8. The fourth-order valence-corrected chi connectivity index (χ4v) is 1.82. The van der Waals surface area contributed by atoms with Crippen LogP contribution in [-0.4, -0.2) is 19.3 Å². The van der Waals surface area contributed by atoms with E-state index in [0.717, 1.165) is 0 Å². The number of hydrogen-bond donors (Lipinski definition) is 2. The molecule has 2 aromatic rings. The maximum Gasteiger partial charge on any atom is 0.276 e. The number of nitrogens with one attached hydrogen (secondary N) is 2. The topological polar surface area (TPSA) is 68.8 Å². The quantitative estimate of drug-likeness (QED) is 0.822. The highest BCUT2D eigenvalue weighted by atomic mass is 16.7. The minimum absolute atomic E-state index is 0.0679. The minimum atomic E-state index is -0.281. The van der Waals surface area contributed by atoms with Crippen molar-refractivity contribution >= 4 is 11.6 Å². The van der Waals surface area contributed by atoms with Crippen LogP contribution in [0.3, 0.4) is 0 Å². The third-order valence-corrected chi connectivity index (χ3v) is 2.83. The van der Waals surface area contributed by atoms with Crippen molar-refractivity contribution in [1.82, 2.24) is 5.43 Å². The van der Waals surface area contributed by atoms with E-state index < -0.39 is 0 Å². The largest absolute Gasteiger partial charge is 0.484 e. The van der Waals surface area contributed by atoms with Crippen molar-refractivity contribution < 1.29 is 19.0 Å². The summed E-state index contributed by atoms with van der Waals surface area (Å²) in [6.45, 7) is 0.150. The van der Waals surface area contributed by atoms with Crippen molar-refractivity contribution in [3.63, 3.8) is 0 Å². The van der Waals surface area contributed by atoms with Gasteiger partial charge in [-0.2, -0.15) is 0 Å². The molecule has 2 N–H and O–H groups in total. The molecule has 108 valence electrons. The minimum Gasteiger partial charge on any atom is -0.484 e. The van der Waals surface area contributed by atoms with Crippen molar-refractivity contribution in [2.75, 3.05) is 18.8 Å². The highest BCUT2D eigenvalue weighted by Crippen LogP contribution is 2.33. The average molecular weight is 286 g/mol. The van der Waals surface area contributed by atoms with Crippen LogP contribution in [0.1, 0.15) is 0 Å². The van der Waals surface area contributed by atoms with E-state index in [9.17, 15) is 4.79 Å². The zero-order chi connectivity index (χ0) is 14.5. The summed E-state index contributed by atoms with van der Waals surface area (Å²) in [5.74, 6) is 1.71. The van der Waals surface area contributed by atoms with Crippen LogP contribution in [0.25, 0.3) is 0 Å². The molecular weight excluding hydrogens is 272 g/mol. The van der Waals surface area contributed by atoms with Crippen molar-refractivity contribution in [1.29, 1.82) is 0 Å². The predicted molar refractivity (Wildman–Crippen MR) is 76.3 cm³/mol. The third kappa shape index (κ3) is 3.36. The Bertz CT molecular complexity index is 631. The monoisotopic (exact) mass is 286 g/mol. The second-order valence-corrected chi connectivity index (χ2v) is 4.34. The Morgan fingerprint density at radius 2 is 1.90 bits per heavy atom. The second kappa shape index (κ2) is 6.04. The van der Waals surface area contributed by atoms with E-state index in [-0.39, 0.29) is 19.3 Å². The van der Waals surface area contributed by atoms with Gasteiger partial charge in [-0.1, -0.05) is 18.2 Å². The second-order valence-electron chi connectivity index (χ2n) is 4.34. The molecule has 1 amide bonds. The lowest BCUT2D eigenvalue weighted by Gasteiger charge is -2.10. The molecule has 6 nitrogen and oxygen atoms in total. The molecule has 3 rings (SSSR count). The molecule has 1 aliphatic heterocycles. The van der Waals surface area contributed by atoms with Gasteiger partial charge in [0.05, 0.1) is 5.69 Å². The Morgan fingerprint density at radius 1 is 1.10 bits per heavy atom. The van der Waals surface area contributed by atoms with Gasteiger partial charge in [0.15, 0.2) is 18.1 Å². The average Bonchev–Trinajstić information content (AvgIpc) is 2.99. The van der Waals surface area contributed by atoms with Crippen molar-refractivity contribution in [3.8, 4) is 17.2 Å². The number of fused-ring (bicyclic) bond motifs is 1. The Hall–Kier alpha value is -2.89. The molecule has 0 bridgehead atoms. The fourth-order valence-electron chi connectivity index (χ4n) is 1.82. The number of amides is 1. The lowest BCUT2D eigenvalue weighted by molar-refractivity contribution is -0.122. The molecule has 21 heavy (non-hydrogen) atoms. The molecule has 0 saturated heterocycles. The number of carbonyl (C=O) groups excluding carboxylic acids is 1. The van der Waals surface area contributed by atoms with Crippen LogP contribution in [0, 0.1) is 0 Å². The Labute approximate surface area is 121 Å². The summed E-state index contributed by atoms with van der Waals surface area (Å²) >= 11 is 0. The predicted octanol–water partition coefficient (Wildman–Crippen LogP) is 1.94. The number of ether oxygens (including phenoxy) is 3. The molecule has 0 unspecified atom stereocenters. The van der Waals surface area contributed by atoms with Gasteiger partial charge in [0, 0.05) is 6.07 Å². The van der Waals surface area contributed by atoms with Crippen molar-refractivity contribution in [3.05, 3.63) is 48.5 Å². The molecule has 0 fully saturated rings.